The molecule has 160 valence electrons. The van der Waals surface area contributed by atoms with Crippen LogP contribution < -0.4 is 16.0 Å². The summed E-state index contributed by atoms with van der Waals surface area (Å²) in [5, 5.41) is 9.49. The largest absolute Gasteiger partial charge is 0.380 e. The molecule has 5 nitrogen and oxygen atoms in total. The molecule has 0 radical (unpaired) electrons. The van der Waals surface area contributed by atoms with Crippen molar-refractivity contribution in [1.82, 2.24) is 5.32 Å². The van der Waals surface area contributed by atoms with E-state index in [1.165, 1.54) is 6.07 Å². The van der Waals surface area contributed by atoms with E-state index < -0.39 is 17.9 Å². The van der Waals surface area contributed by atoms with Crippen LogP contribution in [0.25, 0.3) is 0 Å². The van der Waals surface area contributed by atoms with Crippen molar-refractivity contribution in [2.24, 2.45) is 0 Å². The van der Waals surface area contributed by atoms with E-state index in [4.69, 9.17) is 34.8 Å². The third kappa shape index (κ3) is 6.14. The summed E-state index contributed by atoms with van der Waals surface area (Å²) in [5.74, 6) is -0.888. The minimum Gasteiger partial charge on any atom is -0.380 e. The van der Waals surface area contributed by atoms with Gasteiger partial charge in [-0.1, -0.05) is 71.2 Å². The number of rotatable bonds is 7. The number of carbonyl (C=O) groups excluding carboxylic acids is 2. The first-order chi connectivity index (χ1) is 14.8. The van der Waals surface area contributed by atoms with Crippen molar-refractivity contribution in [2.45, 2.75) is 19.5 Å². The van der Waals surface area contributed by atoms with Crippen molar-refractivity contribution < 1.29 is 9.59 Å². The summed E-state index contributed by atoms with van der Waals surface area (Å²) in [4.78, 5) is 24.9. The van der Waals surface area contributed by atoms with Crippen LogP contribution in [0.3, 0.4) is 0 Å². The topological polar surface area (TPSA) is 70.2 Å². The molecule has 2 amide bonds. The summed E-state index contributed by atoms with van der Waals surface area (Å²) in [6, 6.07) is 19.0. The molecular weight excluding hydrogens is 457 g/mol. The predicted molar refractivity (Wildman–Crippen MR) is 127 cm³/mol. The van der Waals surface area contributed by atoms with Crippen LogP contribution in [0.5, 0.6) is 0 Å². The van der Waals surface area contributed by atoms with E-state index in [0.717, 1.165) is 11.3 Å². The second-order valence-corrected chi connectivity index (χ2v) is 8.01. The Labute approximate surface area is 195 Å². The van der Waals surface area contributed by atoms with Crippen molar-refractivity contribution in [2.75, 3.05) is 10.6 Å². The molecule has 0 aliphatic heterocycles. The van der Waals surface area contributed by atoms with E-state index >= 15 is 0 Å². The number of nitrogens with one attached hydrogen (secondary N) is 3. The lowest BCUT2D eigenvalue weighted by atomic mass is 10.2. The van der Waals surface area contributed by atoms with Crippen LogP contribution in [-0.4, -0.2) is 17.9 Å². The van der Waals surface area contributed by atoms with Crippen molar-refractivity contribution in [1.29, 1.82) is 0 Å². The fraction of sp³-hybridized carbons (Fsp3) is 0.130. The van der Waals surface area contributed by atoms with Gasteiger partial charge in [0.1, 0.15) is 6.04 Å². The first-order valence-corrected chi connectivity index (χ1v) is 10.6. The number of anilines is 2. The first kappa shape index (κ1) is 22.9. The van der Waals surface area contributed by atoms with Crippen LogP contribution >= 0.6 is 34.8 Å². The highest BCUT2D eigenvalue weighted by Crippen LogP contribution is 2.27. The van der Waals surface area contributed by atoms with Gasteiger partial charge in [-0.2, -0.15) is 0 Å². The molecule has 0 fully saturated rings. The molecule has 3 rings (SSSR count). The van der Waals surface area contributed by atoms with Gasteiger partial charge >= 0.3 is 0 Å². The second kappa shape index (κ2) is 10.5. The Morgan fingerprint density at radius 1 is 0.903 bits per heavy atom. The molecule has 3 N–H and O–H groups in total. The maximum Gasteiger partial charge on any atom is 0.253 e. The molecule has 0 aromatic heterocycles. The highest BCUT2D eigenvalue weighted by molar-refractivity contribution is 6.43. The lowest BCUT2D eigenvalue weighted by molar-refractivity contribution is -0.117. The molecule has 0 aliphatic rings. The van der Waals surface area contributed by atoms with Gasteiger partial charge < -0.3 is 16.0 Å². The number of amides is 2. The van der Waals surface area contributed by atoms with Gasteiger partial charge in [0.25, 0.3) is 5.91 Å². The molecule has 3 aromatic carbocycles. The highest BCUT2D eigenvalue weighted by Gasteiger charge is 2.19. The molecule has 3 aromatic rings. The first-order valence-electron chi connectivity index (χ1n) is 9.48. The lowest BCUT2D eigenvalue weighted by Gasteiger charge is -2.16. The third-order valence-corrected chi connectivity index (χ3v) is 5.63. The van der Waals surface area contributed by atoms with Gasteiger partial charge in [0.15, 0.2) is 0 Å². The van der Waals surface area contributed by atoms with Crippen molar-refractivity contribution in [3.63, 3.8) is 0 Å². The van der Waals surface area contributed by atoms with Gasteiger partial charge in [0, 0.05) is 12.2 Å². The van der Waals surface area contributed by atoms with Gasteiger partial charge in [-0.05, 0) is 42.8 Å². The van der Waals surface area contributed by atoms with E-state index in [1.807, 2.05) is 30.3 Å². The van der Waals surface area contributed by atoms with E-state index in [9.17, 15) is 9.59 Å². The maximum absolute atomic E-state index is 12.5. The quantitative estimate of drug-likeness (QED) is 0.391. The maximum atomic E-state index is 12.5. The molecule has 0 bridgehead atoms. The number of halogens is 3. The zero-order valence-corrected chi connectivity index (χ0v) is 18.9. The smallest absolute Gasteiger partial charge is 0.253 e. The minimum atomic E-state index is -0.808. The van der Waals surface area contributed by atoms with Crippen LogP contribution in [0.15, 0.2) is 66.7 Å². The van der Waals surface area contributed by atoms with Gasteiger partial charge in [-0.3, -0.25) is 9.59 Å². The molecule has 0 aliphatic carbocycles. The Morgan fingerprint density at radius 2 is 1.65 bits per heavy atom. The zero-order valence-electron chi connectivity index (χ0n) is 16.6. The molecule has 0 spiro atoms. The molecule has 0 saturated heterocycles. The average molecular weight is 477 g/mol. The predicted octanol–water partition coefficient (Wildman–Crippen LogP) is 6.02. The summed E-state index contributed by atoms with van der Waals surface area (Å²) in [7, 11) is 0. The summed E-state index contributed by atoms with van der Waals surface area (Å²) in [6.45, 7) is 2.20. The monoisotopic (exact) mass is 475 g/mol. The molecule has 31 heavy (non-hydrogen) atoms. The number of hydrogen-bond donors (Lipinski definition) is 3. The fourth-order valence-electron chi connectivity index (χ4n) is 2.80. The van der Waals surface area contributed by atoms with Gasteiger partial charge in [0.05, 0.1) is 26.3 Å². The van der Waals surface area contributed by atoms with Crippen LogP contribution in [-0.2, 0) is 11.3 Å². The Morgan fingerprint density at radius 3 is 2.35 bits per heavy atom. The van der Waals surface area contributed by atoms with E-state index in [-0.39, 0.29) is 15.6 Å². The molecule has 1 unspecified atom stereocenters. The van der Waals surface area contributed by atoms with Crippen molar-refractivity contribution in [3.05, 3.63) is 92.9 Å². The van der Waals surface area contributed by atoms with Crippen LogP contribution in [0.4, 0.5) is 11.4 Å². The van der Waals surface area contributed by atoms with Crippen molar-refractivity contribution >= 4 is 58.0 Å². The normalized spacial score (nSPS) is 11.5. The van der Waals surface area contributed by atoms with Crippen LogP contribution in [0.1, 0.15) is 22.8 Å². The molecule has 1 atom stereocenters. The summed E-state index contributed by atoms with van der Waals surface area (Å²) < 4.78 is 0. The SMILES string of the molecule is CC(NC(=O)c1cccc(Cl)c1Cl)C(=O)Nc1ccc(NCc2ccccc2)c(Cl)c1. The zero-order chi connectivity index (χ0) is 22.4. The van der Waals surface area contributed by atoms with E-state index in [0.29, 0.717) is 17.3 Å². The Balaban J connectivity index is 1.58. The second-order valence-electron chi connectivity index (χ2n) is 6.82. The Bertz CT molecular complexity index is 1090. The average Bonchev–Trinajstić information content (AvgIpc) is 2.75. The van der Waals surface area contributed by atoms with E-state index in [1.54, 1.807) is 37.3 Å². The molecular formula is C23H20Cl3N3O2. The van der Waals surface area contributed by atoms with Gasteiger partial charge in [-0.25, -0.2) is 0 Å². The minimum absolute atomic E-state index is 0.139. The van der Waals surface area contributed by atoms with Crippen molar-refractivity contribution in [3.8, 4) is 0 Å². The molecule has 0 heterocycles. The molecule has 0 saturated carbocycles. The van der Waals surface area contributed by atoms with Gasteiger partial charge in [0.2, 0.25) is 5.91 Å². The third-order valence-electron chi connectivity index (χ3n) is 4.50. The molecule has 8 heteroatoms. The fourth-order valence-corrected chi connectivity index (χ4v) is 3.43. The summed E-state index contributed by atoms with van der Waals surface area (Å²) in [5.41, 5.74) is 2.59. The summed E-state index contributed by atoms with van der Waals surface area (Å²) >= 11 is 18.3. The summed E-state index contributed by atoms with van der Waals surface area (Å²) in [6.07, 6.45) is 0. The number of hydrogen-bond acceptors (Lipinski definition) is 3. The lowest BCUT2D eigenvalue weighted by Crippen LogP contribution is -2.41. The number of carbonyl (C=O) groups is 2. The van der Waals surface area contributed by atoms with Crippen LogP contribution in [0, 0.1) is 0 Å². The van der Waals surface area contributed by atoms with Gasteiger partial charge in [-0.15, -0.1) is 0 Å². The number of benzene rings is 3. The Hall–Kier alpha value is -2.73. The highest BCUT2D eigenvalue weighted by atomic mass is 35.5. The standard InChI is InChI=1S/C23H20Cl3N3O2/c1-14(28-23(31)17-8-5-9-18(24)21(17)26)22(30)29-16-10-11-20(19(25)12-16)27-13-15-6-3-2-4-7-15/h2-12,14,27H,13H2,1H3,(H,28,31)(H,29,30). The van der Waals surface area contributed by atoms with E-state index in [2.05, 4.69) is 16.0 Å². The Kier molecular flexibility index (Phi) is 7.80. The van der Waals surface area contributed by atoms with Crippen LogP contribution in [0.2, 0.25) is 15.1 Å².